The molecule has 0 rings (SSSR count). The summed E-state index contributed by atoms with van der Waals surface area (Å²) in [6.45, 7) is 7.35. The van der Waals surface area contributed by atoms with Crippen LogP contribution >= 0.6 is 0 Å². The van der Waals surface area contributed by atoms with Crippen LogP contribution in [0.2, 0.25) is 0 Å². The van der Waals surface area contributed by atoms with E-state index in [1.165, 1.54) is 0 Å². The van der Waals surface area contributed by atoms with Gasteiger partial charge in [-0.05, 0) is 18.8 Å². The van der Waals surface area contributed by atoms with Crippen LogP contribution in [-0.4, -0.2) is 23.0 Å². The highest BCUT2D eigenvalue weighted by Gasteiger charge is 2.18. The second kappa shape index (κ2) is 7.04. The fourth-order valence-electron chi connectivity index (χ4n) is 1.17. The minimum Gasteiger partial charge on any atom is -0.480 e. The summed E-state index contributed by atoms with van der Waals surface area (Å²) in [7, 11) is 0. The minimum atomic E-state index is -0.992. The normalized spacial score (nSPS) is 12.2. The van der Waals surface area contributed by atoms with E-state index in [0.717, 1.165) is 0 Å². The molecule has 1 amide bonds. The Balaban J connectivity index is 4.09. The molecular weight excluding hydrogens is 194 g/mol. The van der Waals surface area contributed by atoms with Gasteiger partial charge < -0.3 is 10.4 Å². The molecule has 0 aromatic carbocycles. The molecule has 0 aromatic rings. The fourth-order valence-corrected chi connectivity index (χ4v) is 1.17. The van der Waals surface area contributed by atoms with Gasteiger partial charge in [-0.25, -0.2) is 4.79 Å². The van der Waals surface area contributed by atoms with Gasteiger partial charge in [0.05, 0.1) is 0 Å². The molecule has 0 fully saturated rings. The number of allylic oxidation sites excluding steroid dienone is 1. The Hall–Kier alpha value is -1.32. The molecule has 0 saturated heterocycles. The molecule has 0 heterocycles. The van der Waals surface area contributed by atoms with Crippen molar-refractivity contribution >= 4 is 11.9 Å². The molecule has 0 aromatic heterocycles. The summed E-state index contributed by atoms with van der Waals surface area (Å²) in [6.07, 6.45) is 2.98. The van der Waals surface area contributed by atoms with Gasteiger partial charge in [-0.15, -0.1) is 6.58 Å². The van der Waals surface area contributed by atoms with Gasteiger partial charge in [0.2, 0.25) is 5.91 Å². The van der Waals surface area contributed by atoms with Gasteiger partial charge in [0.15, 0.2) is 0 Å². The number of amides is 1. The lowest BCUT2D eigenvalue weighted by Crippen LogP contribution is -2.41. The maximum Gasteiger partial charge on any atom is 0.326 e. The molecule has 0 radical (unpaired) electrons. The zero-order valence-electron chi connectivity index (χ0n) is 9.32. The van der Waals surface area contributed by atoms with E-state index in [9.17, 15) is 9.59 Å². The average molecular weight is 213 g/mol. The second-order valence-electron chi connectivity index (χ2n) is 3.92. The third-order valence-corrected chi connectivity index (χ3v) is 1.89. The van der Waals surface area contributed by atoms with Gasteiger partial charge in [0, 0.05) is 6.42 Å². The monoisotopic (exact) mass is 213 g/mol. The molecule has 0 aliphatic rings. The summed E-state index contributed by atoms with van der Waals surface area (Å²) in [5, 5.41) is 11.3. The minimum absolute atomic E-state index is 0.207. The largest absolute Gasteiger partial charge is 0.480 e. The Morgan fingerprint density at radius 1 is 1.47 bits per heavy atom. The summed E-state index contributed by atoms with van der Waals surface area (Å²) < 4.78 is 0. The standard InChI is InChI=1S/C11H19NO3/c1-4-5-6-9(11(14)15)12-10(13)7-8(2)3/h4,8-9H,1,5-7H2,2-3H3,(H,12,13)(H,14,15). The lowest BCUT2D eigenvalue weighted by Gasteiger charge is -2.14. The zero-order chi connectivity index (χ0) is 11.8. The third kappa shape index (κ3) is 6.71. The first-order valence-electron chi connectivity index (χ1n) is 5.10. The van der Waals surface area contributed by atoms with E-state index in [2.05, 4.69) is 11.9 Å². The molecule has 1 atom stereocenters. The number of hydrogen-bond acceptors (Lipinski definition) is 2. The Kier molecular flexibility index (Phi) is 6.42. The van der Waals surface area contributed by atoms with E-state index in [4.69, 9.17) is 5.11 Å². The Bertz CT molecular complexity index is 236. The number of rotatable bonds is 7. The Morgan fingerprint density at radius 3 is 2.47 bits per heavy atom. The first kappa shape index (κ1) is 13.7. The lowest BCUT2D eigenvalue weighted by atomic mass is 10.1. The van der Waals surface area contributed by atoms with E-state index in [1.54, 1.807) is 6.08 Å². The molecule has 0 spiro atoms. The van der Waals surface area contributed by atoms with Gasteiger partial charge in [0.1, 0.15) is 6.04 Å². The van der Waals surface area contributed by atoms with E-state index in [1.807, 2.05) is 13.8 Å². The van der Waals surface area contributed by atoms with Crippen LogP contribution in [0.3, 0.4) is 0 Å². The highest BCUT2D eigenvalue weighted by Crippen LogP contribution is 2.02. The molecule has 4 heteroatoms. The van der Waals surface area contributed by atoms with Gasteiger partial charge in [0.25, 0.3) is 0 Å². The Morgan fingerprint density at radius 2 is 2.07 bits per heavy atom. The molecule has 0 bridgehead atoms. The molecule has 0 aliphatic carbocycles. The summed E-state index contributed by atoms with van der Waals surface area (Å²) in [4.78, 5) is 22.1. The highest BCUT2D eigenvalue weighted by atomic mass is 16.4. The van der Waals surface area contributed by atoms with E-state index in [-0.39, 0.29) is 11.8 Å². The number of hydrogen-bond donors (Lipinski definition) is 2. The number of carbonyl (C=O) groups is 2. The van der Waals surface area contributed by atoms with Gasteiger partial charge in [-0.2, -0.15) is 0 Å². The predicted molar refractivity (Wildman–Crippen MR) is 58.5 cm³/mol. The van der Waals surface area contributed by atoms with Crippen molar-refractivity contribution in [3.8, 4) is 0 Å². The van der Waals surface area contributed by atoms with Crippen LogP contribution in [0.25, 0.3) is 0 Å². The summed E-state index contributed by atoms with van der Waals surface area (Å²) >= 11 is 0. The quantitative estimate of drug-likeness (QED) is 0.631. The Labute approximate surface area is 90.4 Å². The van der Waals surface area contributed by atoms with Crippen LogP contribution in [0.15, 0.2) is 12.7 Å². The molecule has 0 saturated carbocycles. The lowest BCUT2D eigenvalue weighted by molar-refractivity contribution is -0.142. The number of carboxylic acid groups (broad SMARTS) is 1. The van der Waals surface area contributed by atoms with Crippen LogP contribution in [0.1, 0.15) is 33.1 Å². The van der Waals surface area contributed by atoms with Gasteiger partial charge in [-0.3, -0.25) is 4.79 Å². The average Bonchev–Trinajstić information content (AvgIpc) is 2.10. The van der Waals surface area contributed by atoms with Crippen molar-refractivity contribution in [1.82, 2.24) is 5.32 Å². The molecule has 0 aliphatic heterocycles. The highest BCUT2D eigenvalue weighted by molar-refractivity contribution is 5.83. The maximum absolute atomic E-state index is 11.3. The summed E-state index contributed by atoms with van der Waals surface area (Å²) in [6, 6.07) is -0.797. The SMILES string of the molecule is C=CCCC(NC(=O)CC(C)C)C(=O)O. The van der Waals surface area contributed by atoms with Crippen molar-refractivity contribution in [3.05, 3.63) is 12.7 Å². The van der Waals surface area contributed by atoms with Crippen LogP contribution in [0.5, 0.6) is 0 Å². The molecule has 15 heavy (non-hydrogen) atoms. The first-order chi connectivity index (χ1) is 6.97. The van der Waals surface area contributed by atoms with Crippen LogP contribution < -0.4 is 5.32 Å². The van der Waals surface area contributed by atoms with E-state index < -0.39 is 12.0 Å². The van der Waals surface area contributed by atoms with Crippen molar-refractivity contribution in [1.29, 1.82) is 0 Å². The molecule has 4 nitrogen and oxygen atoms in total. The maximum atomic E-state index is 11.3. The van der Waals surface area contributed by atoms with Crippen molar-refractivity contribution < 1.29 is 14.7 Å². The smallest absolute Gasteiger partial charge is 0.326 e. The van der Waals surface area contributed by atoms with E-state index >= 15 is 0 Å². The van der Waals surface area contributed by atoms with Crippen molar-refractivity contribution in [2.24, 2.45) is 5.92 Å². The number of nitrogens with one attached hydrogen (secondary N) is 1. The topological polar surface area (TPSA) is 66.4 Å². The van der Waals surface area contributed by atoms with Crippen molar-refractivity contribution in [2.75, 3.05) is 0 Å². The van der Waals surface area contributed by atoms with Crippen LogP contribution in [-0.2, 0) is 9.59 Å². The van der Waals surface area contributed by atoms with Gasteiger partial charge in [-0.1, -0.05) is 19.9 Å². The molecule has 86 valence electrons. The number of carbonyl (C=O) groups excluding carboxylic acids is 1. The third-order valence-electron chi connectivity index (χ3n) is 1.89. The summed E-state index contributed by atoms with van der Waals surface area (Å²) in [5.41, 5.74) is 0. The fraction of sp³-hybridized carbons (Fsp3) is 0.636. The van der Waals surface area contributed by atoms with Gasteiger partial charge >= 0.3 is 5.97 Å². The second-order valence-corrected chi connectivity index (χ2v) is 3.92. The number of carboxylic acids is 1. The summed E-state index contributed by atoms with van der Waals surface area (Å²) in [5.74, 6) is -0.964. The molecule has 1 unspecified atom stereocenters. The molecular formula is C11H19NO3. The van der Waals surface area contributed by atoms with E-state index in [0.29, 0.717) is 19.3 Å². The van der Waals surface area contributed by atoms with Crippen molar-refractivity contribution in [3.63, 3.8) is 0 Å². The first-order valence-corrected chi connectivity index (χ1v) is 5.10. The van der Waals surface area contributed by atoms with Crippen LogP contribution in [0, 0.1) is 5.92 Å². The van der Waals surface area contributed by atoms with Crippen LogP contribution in [0.4, 0.5) is 0 Å². The van der Waals surface area contributed by atoms with Crippen molar-refractivity contribution in [2.45, 2.75) is 39.2 Å². The number of aliphatic carboxylic acids is 1. The molecule has 2 N–H and O–H groups in total. The predicted octanol–water partition coefficient (Wildman–Crippen LogP) is 1.57. The zero-order valence-corrected chi connectivity index (χ0v) is 9.32.